The van der Waals surface area contributed by atoms with Crippen LogP contribution in [0.3, 0.4) is 0 Å². The van der Waals surface area contributed by atoms with Crippen LogP contribution in [0, 0.1) is 0 Å². The van der Waals surface area contributed by atoms with Crippen molar-refractivity contribution in [2.24, 2.45) is 0 Å². The van der Waals surface area contributed by atoms with E-state index >= 15 is 0 Å². The Morgan fingerprint density at radius 3 is 2.61 bits per heavy atom. The van der Waals surface area contributed by atoms with E-state index in [1.165, 1.54) is 13.0 Å². The zero-order valence-corrected chi connectivity index (χ0v) is 15.0. The zero-order valence-electron chi connectivity index (χ0n) is 14.2. The number of thiocarbonyl (C=S) groups is 1. The summed E-state index contributed by atoms with van der Waals surface area (Å²) in [6.07, 6.45) is 3.46. The van der Waals surface area contributed by atoms with Crippen molar-refractivity contribution in [2.75, 3.05) is 39.2 Å². The van der Waals surface area contributed by atoms with Crippen LogP contribution < -0.4 is 20.1 Å². The first kappa shape index (κ1) is 17.8. The number of hydrogen-bond donors (Lipinski definition) is 2. The number of methoxy groups -OCH3 is 2. The molecule has 1 aliphatic heterocycles. The fourth-order valence-electron chi connectivity index (χ4n) is 2.87. The third kappa shape index (κ3) is 5.25. The second-order valence-corrected chi connectivity index (χ2v) is 6.19. The van der Waals surface area contributed by atoms with Gasteiger partial charge in [-0.15, -0.1) is 0 Å². The molecule has 1 aromatic rings. The first-order valence-corrected chi connectivity index (χ1v) is 8.59. The number of rotatable bonds is 6. The molecule has 0 atom stereocenters. The Balaban J connectivity index is 1.88. The van der Waals surface area contributed by atoms with Crippen LogP contribution in [-0.4, -0.2) is 49.9 Å². The molecule has 1 aliphatic rings. The van der Waals surface area contributed by atoms with Gasteiger partial charge in [0.1, 0.15) is 11.5 Å². The van der Waals surface area contributed by atoms with Gasteiger partial charge in [-0.2, -0.15) is 0 Å². The maximum atomic E-state index is 5.45. The highest BCUT2D eigenvalue weighted by Gasteiger charge is 2.19. The molecule has 0 spiro atoms. The third-order valence-corrected chi connectivity index (χ3v) is 4.34. The number of piperidine rings is 1. The molecular formula is C17H27N3O2S. The number of nitrogens with zero attached hydrogens (tertiary/aromatic N) is 1. The molecule has 0 amide bonds. The van der Waals surface area contributed by atoms with Crippen LogP contribution in [0.25, 0.3) is 0 Å². The minimum absolute atomic E-state index is 0.430. The van der Waals surface area contributed by atoms with Gasteiger partial charge in [-0.05, 0) is 50.2 Å². The van der Waals surface area contributed by atoms with E-state index in [2.05, 4.69) is 22.5 Å². The quantitative estimate of drug-likeness (QED) is 0.779. The normalized spacial score (nSPS) is 16.0. The number of likely N-dealkylation sites (tertiary alicyclic amines) is 1. The van der Waals surface area contributed by atoms with E-state index in [0.717, 1.165) is 43.1 Å². The summed E-state index contributed by atoms with van der Waals surface area (Å²) in [5, 5.41) is 7.27. The average molecular weight is 337 g/mol. The largest absolute Gasteiger partial charge is 0.497 e. The van der Waals surface area contributed by atoms with Gasteiger partial charge in [0.25, 0.3) is 0 Å². The molecule has 1 saturated heterocycles. The molecule has 1 aromatic carbocycles. The Labute approximate surface area is 144 Å². The molecule has 0 unspecified atom stereocenters. The van der Waals surface area contributed by atoms with Gasteiger partial charge in [-0.3, -0.25) is 0 Å². The van der Waals surface area contributed by atoms with Gasteiger partial charge >= 0.3 is 0 Å². The van der Waals surface area contributed by atoms with Gasteiger partial charge < -0.3 is 25.0 Å². The average Bonchev–Trinajstić information content (AvgIpc) is 2.56. The van der Waals surface area contributed by atoms with Crippen molar-refractivity contribution in [3.63, 3.8) is 0 Å². The molecule has 1 heterocycles. The van der Waals surface area contributed by atoms with E-state index in [-0.39, 0.29) is 0 Å². The first-order chi connectivity index (χ1) is 11.2. The maximum absolute atomic E-state index is 5.45. The van der Waals surface area contributed by atoms with E-state index in [1.54, 1.807) is 14.2 Å². The Bertz CT molecular complexity index is 517. The molecule has 2 rings (SSSR count). The lowest BCUT2D eigenvalue weighted by Crippen LogP contribution is -2.46. The smallest absolute Gasteiger partial charge is 0.171 e. The Morgan fingerprint density at radius 1 is 1.26 bits per heavy atom. The van der Waals surface area contributed by atoms with Gasteiger partial charge in [0, 0.05) is 25.2 Å². The predicted octanol–water partition coefficient (Wildman–Crippen LogP) is 2.86. The monoisotopic (exact) mass is 337 g/mol. The van der Waals surface area contributed by atoms with E-state index in [1.807, 2.05) is 18.2 Å². The first-order valence-electron chi connectivity index (χ1n) is 8.18. The van der Waals surface area contributed by atoms with Crippen molar-refractivity contribution in [1.29, 1.82) is 0 Å². The van der Waals surface area contributed by atoms with Crippen molar-refractivity contribution in [3.05, 3.63) is 18.2 Å². The van der Waals surface area contributed by atoms with Crippen LogP contribution in [0.15, 0.2) is 18.2 Å². The lowest BCUT2D eigenvalue weighted by Gasteiger charge is -2.32. The fourth-order valence-corrected chi connectivity index (χ4v) is 3.15. The SMILES string of the molecule is CCCN1CCC(NC(=S)Nc2cc(OC)ccc2OC)CC1. The van der Waals surface area contributed by atoms with Crippen LogP contribution >= 0.6 is 12.2 Å². The minimum Gasteiger partial charge on any atom is -0.497 e. The van der Waals surface area contributed by atoms with Crippen molar-refractivity contribution in [2.45, 2.75) is 32.2 Å². The Morgan fingerprint density at radius 2 is 2.00 bits per heavy atom. The Kier molecular flexibility index (Phi) is 6.92. The van der Waals surface area contributed by atoms with E-state index in [0.29, 0.717) is 11.2 Å². The summed E-state index contributed by atoms with van der Waals surface area (Å²) < 4.78 is 10.6. The summed E-state index contributed by atoms with van der Waals surface area (Å²) in [7, 11) is 3.29. The maximum Gasteiger partial charge on any atom is 0.171 e. The summed E-state index contributed by atoms with van der Waals surface area (Å²) >= 11 is 5.45. The number of benzene rings is 1. The van der Waals surface area contributed by atoms with Crippen molar-refractivity contribution < 1.29 is 9.47 Å². The second kappa shape index (κ2) is 8.93. The number of hydrogen-bond acceptors (Lipinski definition) is 4. The highest BCUT2D eigenvalue weighted by molar-refractivity contribution is 7.80. The lowest BCUT2D eigenvalue weighted by atomic mass is 10.1. The molecular weight excluding hydrogens is 310 g/mol. The molecule has 0 bridgehead atoms. The minimum atomic E-state index is 0.430. The lowest BCUT2D eigenvalue weighted by molar-refractivity contribution is 0.207. The Hall–Kier alpha value is -1.53. The van der Waals surface area contributed by atoms with Crippen molar-refractivity contribution >= 4 is 23.0 Å². The topological polar surface area (TPSA) is 45.8 Å². The van der Waals surface area contributed by atoms with E-state index < -0.39 is 0 Å². The molecule has 0 aromatic heterocycles. The number of nitrogens with one attached hydrogen (secondary N) is 2. The zero-order chi connectivity index (χ0) is 16.7. The summed E-state index contributed by atoms with van der Waals surface area (Å²) in [4.78, 5) is 2.51. The van der Waals surface area contributed by atoms with Crippen LogP contribution in [-0.2, 0) is 0 Å². The molecule has 128 valence electrons. The van der Waals surface area contributed by atoms with Gasteiger partial charge in [0.15, 0.2) is 5.11 Å². The molecule has 6 heteroatoms. The molecule has 23 heavy (non-hydrogen) atoms. The van der Waals surface area contributed by atoms with E-state index in [4.69, 9.17) is 21.7 Å². The van der Waals surface area contributed by atoms with E-state index in [9.17, 15) is 0 Å². The van der Waals surface area contributed by atoms with Gasteiger partial charge in [0.2, 0.25) is 0 Å². The van der Waals surface area contributed by atoms with Crippen LogP contribution in [0.5, 0.6) is 11.5 Å². The highest BCUT2D eigenvalue weighted by Crippen LogP contribution is 2.28. The number of ether oxygens (including phenoxy) is 2. The van der Waals surface area contributed by atoms with Crippen LogP contribution in [0.4, 0.5) is 5.69 Å². The second-order valence-electron chi connectivity index (χ2n) is 5.78. The van der Waals surface area contributed by atoms with Crippen LogP contribution in [0.1, 0.15) is 26.2 Å². The molecule has 2 N–H and O–H groups in total. The third-order valence-electron chi connectivity index (χ3n) is 4.12. The predicted molar refractivity (Wildman–Crippen MR) is 98.7 cm³/mol. The molecule has 5 nitrogen and oxygen atoms in total. The summed E-state index contributed by atoms with van der Waals surface area (Å²) in [5.41, 5.74) is 0.813. The van der Waals surface area contributed by atoms with Gasteiger partial charge in [0.05, 0.1) is 19.9 Å². The van der Waals surface area contributed by atoms with Crippen LogP contribution in [0.2, 0.25) is 0 Å². The molecule has 0 saturated carbocycles. The fraction of sp³-hybridized carbons (Fsp3) is 0.588. The summed E-state index contributed by atoms with van der Waals surface area (Å²) in [5.74, 6) is 1.51. The molecule has 0 aliphatic carbocycles. The highest BCUT2D eigenvalue weighted by atomic mass is 32.1. The van der Waals surface area contributed by atoms with Crippen molar-refractivity contribution in [3.8, 4) is 11.5 Å². The molecule has 0 radical (unpaired) electrons. The number of anilines is 1. The van der Waals surface area contributed by atoms with Gasteiger partial charge in [-0.1, -0.05) is 6.92 Å². The van der Waals surface area contributed by atoms with Crippen molar-refractivity contribution in [1.82, 2.24) is 10.2 Å². The summed E-state index contributed by atoms with van der Waals surface area (Å²) in [6.45, 7) is 5.69. The summed E-state index contributed by atoms with van der Waals surface area (Å²) in [6, 6.07) is 6.05. The molecule has 1 fully saturated rings. The standard InChI is InChI=1S/C17H27N3O2S/c1-4-9-20-10-7-13(8-11-20)18-17(23)19-15-12-14(21-2)5-6-16(15)22-3/h5-6,12-13H,4,7-11H2,1-3H3,(H2,18,19,23). The van der Waals surface area contributed by atoms with Gasteiger partial charge in [-0.25, -0.2) is 0 Å².